The van der Waals surface area contributed by atoms with Crippen molar-refractivity contribution in [2.24, 2.45) is 0 Å². The van der Waals surface area contributed by atoms with Crippen molar-refractivity contribution in [3.8, 4) is 0 Å². The van der Waals surface area contributed by atoms with E-state index in [0.29, 0.717) is 10.5 Å². The van der Waals surface area contributed by atoms with Crippen LogP contribution in [0.3, 0.4) is 0 Å². The number of allylic oxidation sites excluding steroid dienone is 2. The minimum atomic E-state index is -1.32. The zero-order chi connectivity index (χ0) is 14.5. The summed E-state index contributed by atoms with van der Waals surface area (Å²) in [5.41, 5.74) is 0.646. The van der Waals surface area contributed by atoms with Crippen molar-refractivity contribution in [2.75, 3.05) is 6.26 Å². The molecule has 3 unspecified atom stereocenters. The zero-order valence-electron chi connectivity index (χ0n) is 10.4. The first kappa shape index (κ1) is 13.5. The lowest BCUT2D eigenvalue weighted by Gasteiger charge is -2.15. The molecule has 0 bridgehead atoms. The summed E-state index contributed by atoms with van der Waals surface area (Å²) in [7, 11) is -1.11. The van der Waals surface area contributed by atoms with Crippen molar-refractivity contribution in [1.29, 1.82) is 0 Å². The van der Waals surface area contributed by atoms with Gasteiger partial charge in [0.15, 0.2) is 4.75 Å². The maximum Gasteiger partial charge on any atom is 0.309 e. The van der Waals surface area contributed by atoms with Crippen LogP contribution in [0.2, 0.25) is 0 Å². The molecule has 0 amide bonds. The molecule has 1 aromatic carbocycles. The molecule has 3 atom stereocenters. The lowest BCUT2D eigenvalue weighted by molar-refractivity contribution is -0.517. The first-order chi connectivity index (χ1) is 9.41. The molecule has 1 fully saturated rings. The van der Waals surface area contributed by atoms with E-state index in [0.717, 1.165) is 17.8 Å². The molecule has 0 saturated carbocycles. The van der Waals surface area contributed by atoms with Crippen LogP contribution >= 0.6 is 11.8 Å². The first-order valence-corrected chi connectivity index (χ1v) is 8.15. The van der Waals surface area contributed by atoms with Crippen LogP contribution in [0.1, 0.15) is 5.56 Å². The third-order valence-electron chi connectivity index (χ3n) is 3.50. The van der Waals surface area contributed by atoms with Gasteiger partial charge < -0.3 is 0 Å². The van der Waals surface area contributed by atoms with Gasteiger partial charge in [-0.2, -0.15) is 0 Å². The van der Waals surface area contributed by atoms with Crippen LogP contribution in [0.5, 0.6) is 0 Å². The van der Waals surface area contributed by atoms with E-state index in [1.807, 2.05) is 0 Å². The molecule has 1 aromatic rings. The van der Waals surface area contributed by atoms with E-state index in [-0.39, 0.29) is 4.92 Å². The van der Waals surface area contributed by atoms with Gasteiger partial charge in [0.05, 0.1) is 0 Å². The summed E-state index contributed by atoms with van der Waals surface area (Å²) in [4.78, 5) is 10.2. The Labute approximate surface area is 121 Å². The molecule has 0 aromatic heterocycles. The van der Waals surface area contributed by atoms with Crippen LogP contribution in [0.15, 0.2) is 53.2 Å². The third kappa shape index (κ3) is 1.69. The molecule has 0 radical (unpaired) electrons. The first-order valence-electron chi connectivity index (χ1n) is 5.77. The number of hydrogen-bond acceptors (Lipinski definition) is 4. The molecule has 104 valence electrons. The molecule has 0 N–H and O–H groups in total. The Balaban J connectivity index is 2.07. The van der Waals surface area contributed by atoms with Crippen molar-refractivity contribution in [1.82, 2.24) is 0 Å². The van der Waals surface area contributed by atoms with Gasteiger partial charge in [0, 0.05) is 33.0 Å². The van der Waals surface area contributed by atoms with Crippen LogP contribution in [-0.2, 0) is 15.5 Å². The fourth-order valence-corrected chi connectivity index (χ4v) is 4.34. The van der Waals surface area contributed by atoms with Gasteiger partial charge in [-0.15, -0.1) is 0 Å². The Morgan fingerprint density at radius 3 is 2.55 bits per heavy atom. The molecule has 1 aliphatic heterocycles. The molecule has 2 aliphatic rings. The molecule has 1 saturated heterocycles. The lowest BCUT2D eigenvalue weighted by atomic mass is 9.88. The smallest absolute Gasteiger partial charge is 0.263 e. The number of thioether (sulfide) groups is 1. The normalized spacial score (nSPS) is 32.2. The van der Waals surface area contributed by atoms with Crippen LogP contribution < -0.4 is 0 Å². The molecule has 20 heavy (non-hydrogen) atoms. The zero-order valence-corrected chi connectivity index (χ0v) is 12.0. The van der Waals surface area contributed by atoms with Crippen molar-refractivity contribution >= 4 is 22.6 Å². The highest BCUT2D eigenvalue weighted by Gasteiger charge is 2.79. The average molecular weight is 311 g/mol. The fraction of sp³-hybridized carbons (Fsp3) is 0.231. The number of halogens is 1. The second kappa shape index (κ2) is 4.26. The summed E-state index contributed by atoms with van der Waals surface area (Å²) >= 11 is 1.10. The largest absolute Gasteiger partial charge is 0.309 e. The van der Waals surface area contributed by atoms with E-state index in [2.05, 4.69) is 0 Å². The number of nitrogens with zero attached hydrogens (tertiary/aromatic N) is 1. The summed E-state index contributed by atoms with van der Waals surface area (Å²) in [6.07, 6.45) is 5.29. The van der Waals surface area contributed by atoms with E-state index in [1.54, 1.807) is 30.5 Å². The highest BCUT2D eigenvalue weighted by molar-refractivity contribution is 8.09. The van der Waals surface area contributed by atoms with Crippen molar-refractivity contribution < 1.29 is 13.5 Å². The number of benzene rings is 1. The number of rotatable bonds is 3. The Bertz CT molecular complexity index is 685. The minimum absolute atomic E-state index is 0.386. The predicted octanol–water partition coefficient (Wildman–Crippen LogP) is 2.76. The second-order valence-electron chi connectivity index (χ2n) is 4.63. The summed E-state index contributed by atoms with van der Waals surface area (Å²) in [5, 5.41) is 11.3. The minimum Gasteiger partial charge on any atom is -0.263 e. The summed E-state index contributed by atoms with van der Waals surface area (Å²) < 4.78 is 23.9. The van der Waals surface area contributed by atoms with E-state index in [9.17, 15) is 18.7 Å². The van der Waals surface area contributed by atoms with Gasteiger partial charge in [-0.05, 0) is 41.6 Å². The summed E-state index contributed by atoms with van der Waals surface area (Å²) in [6.45, 7) is 0. The molecule has 4 nitrogen and oxygen atoms in total. The van der Waals surface area contributed by atoms with E-state index in [1.165, 1.54) is 12.2 Å². The molecule has 3 rings (SSSR count). The SMILES string of the molecule is CS(=O)c1ccc(C23C=C(F)C=CC2([N+](=O)[O-])S3)cc1. The Morgan fingerprint density at radius 1 is 1.35 bits per heavy atom. The second-order valence-corrected chi connectivity index (χ2v) is 7.48. The quantitative estimate of drug-likeness (QED) is 0.489. The standard InChI is InChI=1S/C13H10FNO3S2/c1-20(18)11-4-2-9(3-5-11)12-8-10(14)6-7-13(12,19-12)15(16)17/h2-8H,1H3. The van der Waals surface area contributed by atoms with Crippen molar-refractivity contribution in [3.63, 3.8) is 0 Å². The number of fused-ring (bicyclic) bond motifs is 1. The molecule has 1 heterocycles. The molecular formula is C13H10FNO3S2. The Hall–Kier alpha value is -1.47. The van der Waals surface area contributed by atoms with E-state index >= 15 is 0 Å². The monoisotopic (exact) mass is 311 g/mol. The van der Waals surface area contributed by atoms with Gasteiger partial charge in [-0.25, -0.2) is 4.39 Å². The van der Waals surface area contributed by atoms with Gasteiger partial charge in [-0.1, -0.05) is 12.1 Å². The van der Waals surface area contributed by atoms with Gasteiger partial charge in [0.2, 0.25) is 0 Å². The maximum absolute atomic E-state index is 13.5. The Kier molecular flexibility index (Phi) is 2.88. The van der Waals surface area contributed by atoms with Crippen LogP contribution in [0.25, 0.3) is 0 Å². The third-order valence-corrected chi connectivity index (χ3v) is 6.14. The summed E-state index contributed by atoms with van der Waals surface area (Å²) in [5.74, 6) is -0.476. The van der Waals surface area contributed by atoms with Crippen LogP contribution in [0.4, 0.5) is 4.39 Å². The van der Waals surface area contributed by atoms with Crippen molar-refractivity contribution in [2.45, 2.75) is 14.5 Å². The lowest BCUT2D eigenvalue weighted by Crippen LogP contribution is -2.30. The average Bonchev–Trinajstić information content (AvgIpc) is 3.10. The number of hydrogen-bond donors (Lipinski definition) is 0. The van der Waals surface area contributed by atoms with Gasteiger partial charge in [-0.3, -0.25) is 14.3 Å². The highest BCUT2D eigenvalue weighted by Crippen LogP contribution is 2.73. The van der Waals surface area contributed by atoms with Crippen LogP contribution in [0, 0.1) is 10.1 Å². The Morgan fingerprint density at radius 2 is 2.00 bits per heavy atom. The fourth-order valence-electron chi connectivity index (χ4n) is 2.42. The van der Waals surface area contributed by atoms with E-state index < -0.39 is 26.2 Å². The molecule has 1 aliphatic carbocycles. The highest BCUT2D eigenvalue weighted by atomic mass is 32.2. The van der Waals surface area contributed by atoms with E-state index in [4.69, 9.17) is 0 Å². The van der Waals surface area contributed by atoms with Crippen LogP contribution in [-0.4, -0.2) is 20.3 Å². The molecule has 0 spiro atoms. The maximum atomic E-state index is 13.5. The predicted molar refractivity (Wildman–Crippen MR) is 76.1 cm³/mol. The van der Waals surface area contributed by atoms with Gasteiger partial charge in [0.1, 0.15) is 5.83 Å². The van der Waals surface area contributed by atoms with Crippen molar-refractivity contribution in [3.05, 3.63) is 64.0 Å². The molecular weight excluding hydrogens is 301 g/mol. The number of nitro groups is 1. The topological polar surface area (TPSA) is 60.2 Å². The van der Waals surface area contributed by atoms with Gasteiger partial charge in [0.25, 0.3) is 0 Å². The molecule has 7 heteroatoms. The van der Waals surface area contributed by atoms with Gasteiger partial charge >= 0.3 is 4.87 Å². The summed E-state index contributed by atoms with van der Waals surface area (Å²) in [6, 6.07) is 6.68.